The lowest BCUT2D eigenvalue weighted by molar-refractivity contribution is 0.507. The maximum absolute atomic E-state index is 5.29. The van der Waals surface area contributed by atoms with E-state index < -0.39 is 0 Å². The normalized spacial score (nSPS) is 11.1. The molecule has 0 fully saturated rings. The van der Waals surface area contributed by atoms with Crippen molar-refractivity contribution in [3.8, 4) is 0 Å². The van der Waals surface area contributed by atoms with Crippen LogP contribution in [0.2, 0.25) is 0 Å². The number of halogens is 1. The van der Waals surface area contributed by atoms with Gasteiger partial charge in [-0.25, -0.2) is 4.98 Å². The number of nitrogens with zero attached hydrogens (tertiary/aromatic N) is 2. The Hall–Kier alpha value is -1.09. The van der Waals surface area contributed by atoms with Gasteiger partial charge < -0.3 is 15.1 Å². The molecule has 0 bridgehead atoms. The van der Waals surface area contributed by atoms with Gasteiger partial charge >= 0.3 is 0 Å². The lowest BCUT2D eigenvalue weighted by Gasteiger charge is -2.10. The predicted molar refractivity (Wildman–Crippen MR) is 102 cm³/mol. The third-order valence-corrected chi connectivity index (χ3v) is 4.30. The molecule has 2 rings (SSSR count). The second-order valence-corrected chi connectivity index (χ2v) is 6.04. The van der Waals surface area contributed by atoms with E-state index in [0.29, 0.717) is 0 Å². The molecule has 0 aliphatic heterocycles. The van der Waals surface area contributed by atoms with E-state index in [1.165, 1.54) is 9.88 Å². The maximum atomic E-state index is 5.29. The number of rotatable bonds is 6. The van der Waals surface area contributed by atoms with Crippen LogP contribution in [0.3, 0.4) is 0 Å². The highest BCUT2D eigenvalue weighted by molar-refractivity contribution is 14.0. The van der Waals surface area contributed by atoms with Crippen molar-refractivity contribution in [2.45, 2.75) is 26.7 Å². The van der Waals surface area contributed by atoms with Crippen LogP contribution in [0.1, 0.15) is 21.3 Å². The zero-order valence-electron chi connectivity index (χ0n) is 13.2. The number of nitrogens with one attached hydrogen (secondary N) is 2. The highest BCUT2D eigenvalue weighted by atomic mass is 127. The fourth-order valence-electron chi connectivity index (χ4n) is 1.91. The predicted octanol–water partition coefficient (Wildman–Crippen LogP) is 2.92. The summed E-state index contributed by atoms with van der Waals surface area (Å²) in [5.74, 6) is 1.79. The van der Waals surface area contributed by atoms with Gasteiger partial charge in [-0.2, -0.15) is 0 Å². The lowest BCUT2D eigenvalue weighted by Crippen LogP contribution is -2.39. The second kappa shape index (κ2) is 9.83. The largest absolute Gasteiger partial charge is 0.469 e. The van der Waals surface area contributed by atoms with Crippen molar-refractivity contribution >= 4 is 41.3 Å². The minimum atomic E-state index is 0. The van der Waals surface area contributed by atoms with E-state index in [-0.39, 0.29) is 24.0 Å². The van der Waals surface area contributed by atoms with Gasteiger partial charge in [0.2, 0.25) is 0 Å². The van der Waals surface area contributed by atoms with Gasteiger partial charge in [0.15, 0.2) is 5.96 Å². The van der Waals surface area contributed by atoms with E-state index >= 15 is 0 Å². The molecule has 2 aromatic rings. The SMILES string of the molecule is CN=C(NCCc1ccco1)NCCc1nc(C)c(C)s1.I. The Kier molecular flexibility index (Phi) is 8.47. The molecular formula is C15H23IN4OS. The molecule has 0 spiro atoms. The Morgan fingerprint density at radius 1 is 1.27 bits per heavy atom. The molecule has 0 atom stereocenters. The molecule has 0 amide bonds. The number of aryl methyl sites for hydroxylation is 2. The summed E-state index contributed by atoms with van der Waals surface area (Å²) in [6.45, 7) is 5.78. The van der Waals surface area contributed by atoms with Crippen molar-refractivity contribution in [3.05, 3.63) is 39.7 Å². The van der Waals surface area contributed by atoms with Crippen molar-refractivity contribution in [1.29, 1.82) is 0 Å². The molecule has 0 saturated carbocycles. The number of hydrogen-bond donors (Lipinski definition) is 2. The van der Waals surface area contributed by atoms with Crippen molar-refractivity contribution in [2.24, 2.45) is 4.99 Å². The average Bonchev–Trinajstić information content (AvgIpc) is 3.08. The molecule has 2 heterocycles. The number of furan rings is 1. The van der Waals surface area contributed by atoms with E-state index in [1.807, 2.05) is 12.1 Å². The molecule has 2 N–H and O–H groups in total. The first-order chi connectivity index (χ1) is 10.2. The monoisotopic (exact) mass is 434 g/mol. The molecule has 7 heteroatoms. The van der Waals surface area contributed by atoms with Crippen LogP contribution in [0, 0.1) is 13.8 Å². The Balaban J connectivity index is 0.00000242. The fraction of sp³-hybridized carbons (Fsp3) is 0.467. The molecule has 5 nitrogen and oxygen atoms in total. The summed E-state index contributed by atoms with van der Waals surface area (Å²) in [7, 11) is 1.78. The first-order valence-corrected chi connectivity index (χ1v) is 7.90. The van der Waals surface area contributed by atoms with Crippen LogP contribution >= 0.6 is 35.3 Å². The van der Waals surface area contributed by atoms with Gasteiger partial charge in [0, 0.05) is 37.9 Å². The molecule has 2 aromatic heterocycles. The van der Waals surface area contributed by atoms with Gasteiger partial charge in [0.05, 0.1) is 17.0 Å². The van der Waals surface area contributed by atoms with E-state index in [2.05, 4.69) is 34.5 Å². The molecule has 0 aromatic carbocycles. The van der Waals surface area contributed by atoms with E-state index in [0.717, 1.165) is 43.3 Å². The summed E-state index contributed by atoms with van der Waals surface area (Å²) in [5, 5.41) is 7.74. The first kappa shape index (κ1) is 19.0. The summed E-state index contributed by atoms with van der Waals surface area (Å²) in [6.07, 6.45) is 3.46. The minimum absolute atomic E-state index is 0. The maximum Gasteiger partial charge on any atom is 0.191 e. The average molecular weight is 434 g/mol. The van der Waals surface area contributed by atoms with E-state index in [4.69, 9.17) is 4.42 Å². The van der Waals surface area contributed by atoms with Crippen molar-refractivity contribution in [3.63, 3.8) is 0 Å². The minimum Gasteiger partial charge on any atom is -0.469 e. The number of aromatic nitrogens is 1. The summed E-state index contributed by atoms with van der Waals surface area (Å²) in [4.78, 5) is 10.0. The van der Waals surface area contributed by atoms with Crippen LogP contribution in [-0.4, -0.2) is 31.1 Å². The van der Waals surface area contributed by atoms with Gasteiger partial charge in [-0.15, -0.1) is 35.3 Å². The van der Waals surface area contributed by atoms with Crippen molar-refractivity contribution in [2.75, 3.05) is 20.1 Å². The van der Waals surface area contributed by atoms with E-state index in [1.54, 1.807) is 24.6 Å². The van der Waals surface area contributed by atoms with Gasteiger partial charge in [-0.3, -0.25) is 4.99 Å². The number of thiazole rings is 1. The third kappa shape index (κ3) is 5.96. The van der Waals surface area contributed by atoms with Crippen molar-refractivity contribution in [1.82, 2.24) is 15.6 Å². The summed E-state index contributed by atoms with van der Waals surface area (Å²) in [5.41, 5.74) is 1.14. The third-order valence-electron chi connectivity index (χ3n) is 3.17. The number of guanidine groups is 1. The van der Waals surface area contributed by atoms with Gasteiger partial charge in [0.25, 0.3) is 0 Å². The molecule has 0 aliphatic rings. The molecule has 0 unspecified atom stereocenters. The quantitative estimate of drug-likeness (QED) is 0.417. The first-order valence-electron chi connectivity index (χ1n) is 7.09. The zero-order chi connectivity index (χ0) is 15.1. The molecule has 0 aliphatic carbocycles. The Morgan fingerprint density at radius 2 is 2.00 bits per heavy atom. The smallest absolute Gasteiger partial charge is 0.191 e. The molecule has 0 saturated heterocycles. The van der Waals surface area contributed by atoms with Crippen LogP contribution in [0.5, 0.6) is 0 Å². The summed E-state index contributed by atoms with van der Waals surface area (Å²) >= 11 is 1.77. The lowest BCUT2D eigenvalue weighted by atomic mass is 10.3. The Bertz CT molecular complexity index is 561. The Morgan fingerprint density at radius 3 is 2.55 bits per heavy atom. The van der Waals surface area contributed by atoms with Crippen LogP contribution in [0.15, 0.2) is 27.8 Å². The van der Waals surface area contributed by atoms with Gasteiger partial charge in [0.1, 0.15) is 5.76 Å². The van der Waals surface area contributed by atoms with Gasteiger partial charge in [-0.1, -0.05) is 0 Å². The van der Waals surface area contributed by atoms with Crippen LogP contribution < -0.4 is 10.6 Å². The van der Waals surface area contributed by atoms with Crippen LogP contribution in [0.25, 0.3) is 0 Å². The fourth-order valence-corrected chi connectivity index (χ4v) is 2.85. The summed E-state index contributed by atoms with van der Waals surface area (Å²) < 4.78 is 5.29. The Labute approximate surface area is 152 Å². The molecular weight excluding hydrogens is 411 g/mol. The van der Waals surface area contributed by atoms with Gasteiger partial charge in [-0.05, 0) is 26.0 Å². The highest BCUT2D eigenvalue weighted by Gasteiger charge is 2.04. The number of hydrogen-bond acceptors (Lipinski definition) is 4. The molecule has 22 heavy (non-hydrogen) atoms. The van der Waals surface area contributed by atoms with Crippen LogP contribution in [-0.2, 0) is 12.8 Å². The standard InChI is InChI=1S/C15H22N4OS.HI/c1-11-12(2)21-14(19-11)7-9-18-15(16-3)17-8-6-13-5-4-10-20-13;/h4-5,10H,6-9H2,1-3H3,(H2,16,17,18);1H. The second-order valence-electron chi connectivity index (χ2n) is 4.75. The highest BCUT2D eigenvalue weighted by Crippen LogP contribution is 2.16. The van der Waals surface area contributed by atoms with Crippen molar-refractivity contribution < 1.29 is 4.42 Å². The summed E-state index contributed by atoms with van der Waals surface area (Å²) in [6, 6.07) is 3.88. The zero-order valence-corrected chi connectivity index (χ0v) is 16.3. The topological polar surface area (TPSA) is 62.5 Å². The molecule has 122 valence electrons. The number of aliphatic imine (C=N–C) groups is 1. The molecule has 0 radical (unpaired) electrons. The van der Waals surface area contributed by atoms with E-state index in [9.17, 15) is 0 Å². The van der Waals surface area contributed by atoms with Crippen LogP contribution in [0.4, 0.5) is 0 Å².